The van der Waals surface area contributed by atoms with Crippen LogP contribution in [-0.2, 0) is 42.6 Å². The minimum Gasteiger partial charge on any atom is -0.757 e. The fourth-order valence-corrected chi connectivity index (χ4v) is 6.62. The Morgan fingerprint density at radius 3 is 1.28 bits per heavy atom. The van der Waals surface area contributed by atoms with E-state index in [4.69, 9.17) is 9.11 Å². The monoisotopic (exact) mass is 840 g/mol. The van der Waals surface area contributed by atoms with Crippen molar-refractivity contribution in [3.05, 3.63) is 162 Å². The first kappa shape index (κ1) is 44.6. The maximum atomic E-state index is 12.2. The van der Waals surface area contributed by atoms with Crippen molar-refractivity contribution in [2.24, 2.45) is 20.5 Å². The molecule has 0 radical (unpaired) electrons. The average molecular weight is 841 g/mol. The summed E-state index contributed by atoms with van der Waals surface area (Å²) in [5, 5.41) is 38.4. The number of fused-ring (bicyclic) bond motifs is 2. The van der Waals surface area contributed by atoms with Gasteiger partial charge in [0, 0.05) is 52.2 Å². The van der Waals surface area contributed by atoms with Gasteiger partial charge in [-0.15, -0.1) is 20.5 Å². The van der Waals surface area contributed by atoms with Crippen LogP contribution in [0.3, 0.4) is 0 Å². The molecule has 0 spiro atoms. The van der Waals surface area contributed by atoms with E-state index in [1.165, 1.54) is 60.7 Å². The normalized spacial score (nSPS) is 18.0. The summed E-state index contributed by atoms with van der Waals surface area (Å²) in [7, 11) is -8.81. The van der Waals surface area contributed by atoms with Crippen LogP contribution in [0.4, 0.5) is 22.7 Å². The molecule has 21 heteroatoms. The number of azo groups is 2. The van der Waals surface area contributed by atoms with Crippen LogP contribution in [0.2, 0.25) is 0 Å². The molecule has 0 saturated heterocycles. The fraction of sp³-hybridized carbons (Fsp3) is 0.111. The minimum atomic E-state index is -4.40. The maximum absolute atomic E-state index is 12.2. The number of rotatable bonds is 8. The molecule has 288 valence electrons. The van der Waals surface area contributed by atoms with E-state index in [-0.39, 0.29) is 81.6 Å². The van der Waals surface area contributed by atoms with Gasteiger partial charge in [0.1, 0.15) is 11.4 Å². The van der Waals surface area contributed by atoms with Gasteiger partial charge in [-0.05, 0) is 72.6 Å². The molecule has 18 nitrogen and oxygen atoms in total. The molecule has 0 amide bonds. The molecule has 2 N–H and O–H groups in total. The third kappa shape index (κ3) is 10.2. The van der Waals surface area contributed by atoms with Crippen molar-refractivity contribution >= 4 is 102 Å². The quantitative estimate of drug-likeness (QED) is 0.102. The molecule has 0 bridgehead atoms. The van der Waals surface area contributed by atoms with E-state index in [0.717, 1.165) is 12.2 Å². The van der Waals surface area contributed by atoms with Gasteiger partial charge >= 0.3 is 37.7 Å². The van der Waals surface area contributed by atoms with Crippen molar-refractivity contribution in [3.63, 3.8) is 0 Å². The number of allylic oxidation sites excluding steroid dienone is 14. The van der Waals surface area contributed by atoms with Gasteiger partial charge in [0.25, 0.3) is 11.4 Å². The molecule has 4 aliphatic rings. The van der Waals surface area contributed by atoms with Gasteiger partial charge in [0.2, 0.25) is 11.6 Å². The van der Waals surface area contributed by atoms with E-state index >= 15 is 0 Å². The molecule has 2 aromatic carbocycles. The van der Waals surface area contributed by atoms with Crippen LogP contribution in [0.15, 0.2) is 151 Å². The first-order valence-corrected chi connectivity index (χ1v) is 19.1. The van der Waals surface area contributed by atoms with E-state index in [9.17, 15) is 47.3 Å². The number of aryl methyl sites for hydroxylation is 2. The molecule has 2 unspecified atom stereocenters. The van der Waals surface area contributed by atoms with Gasteiger partial charge in [-0.1, -0.05) is 62.4 Å². The van der Waals surface area contributed by atoms with Crippen LogP contribution in [0.1, 0.15) is 25.0 Å². The zero-order valence-corrected chi connectivity index (χ0v) is 33.7. The molecule has 0 heterocycles. The van der Waals surface area contributed by atoms with Crippen LogP contribution < -0.4 is 0 Å². The summed E-state index contributed by atoms with van der Waals surface area (Å²) < 4.78 is 63.5. The Kier molecular flexibility index (Phi) is 14.4. The molecule has 2 aromatic rings. The Labute approximate surface area is 354 Å². The molecular formula is C36H28CaN6O12S2. The van der Waals surface area contributed by atoms with Crippen molar-refractivity contribution in [1.29, 1.82) is 0 Å². The number of nitro groups is 2. The van der Waals surface area contributed by atoms with E-state index in [1.807, 2.05) is 0 Å². The molecule has 0 aliphatic heterocycles. The summed E-state index contributed by atoms with van der Waals surface area (Å²) in [4.78, 5) is 45.5. The Morgan fingerprint density at radius 1 is 0.596 bits per heavy atom. The third-order valence-electron chi connectivity index (χ3n) is 8.29. The van der Waals surface area contributed by atoms with Crippen molar-refractivity contribution in [3.8, 4) is 0 Å². The standard InChI is InChI=1S/2C18H15N3O6S.Ca/c2*1-2-11-4-3-5-15(18(11)21(23)24)19-20-17-14-8-7-13(28(25,26)27)10-12(14)6-9-16(17)22;/h2*3-10H,2H2,1H3,(H2,25,26,27);/q;;+2/p-2. The molecule has 57 heavy (non-hydrogen) atoms. The van der Waals surface area contributed by atoms with Gasteiger partial charge in [-0.25, -0.2) is 0 Å². The average Bonchev–Trinajstić information content (AvgIpc) is 3.15. The van der Waals surface area contributed by atoms with Crippen LogP contribution in [-0.4, -0.2) is 95.5 Å². The fourth-order valence-electron chi connectivity index (χ4n) is 5.59. The van der Waals surface area contributed by atoms with E-state index in [2.05, 4.69) is 20.5 Å². The van der Waals surface area contributed by atoms with Gasteiger partial charge < -0.3 is 18.2 Å². The van der Waals surface area contributed by atoms with E-state index < -0.39 is 41.6 Å². The van der Waals surface area contributed by atoms with Crippen LogP contribution in [0.25, 0.3) is 0 Å². The molecule has 0 aromatic heterocycles. The van der Waals surface area contributed by atoms with Crippen molar-refractivity contribution < 1.29 is 46.1 Å². The predicted molar refractivity (Wildman–Crippen MR) is 210 cm³/mol. The molecule has 0 saturated carbocycles. The summed E-state index contributed by atoms with van der Waals surface area (Å²) in [6.45, 7) is 3.55. The van der Waals surface area contributed by atoms with E-state index in [1.54, 1.807) is 38.1 Å². The summed E-state index contributed by atoms with van der Waals surface area (Å²) >= 11 is 0. The number of ketones is 2. The Morgan fingerprint density at radius 2 is 0.965 bits per heavy atom. The topological polar surface area (TPSA) is 291 Å². The number of benzene rings is 2. The summed E-state index contributed by atoms with van der Waals surface area (Å²) in [6, 6.07) is 9.30. The number of carbonyl (C=O) groups is 2. The van der Waals surface area contributed by atoms with Crippen LogP contribution in [0, 0.1) is 20.2 Å². The Hall–Kier alpha value is -5.16. The number of hydrogen-bond acceptors (Lipinski definition) is 14. The number of nitrogens with zero attached hydrogens (tertiary/aromatic N) is 6. The number of carbonyl (C=O) groups excluding carboxylic acids is 2. The first-order valence-electron chi connectivity index (χ1n) is 16.2. The Bertz CT molecular complexity index is 2500. The molecular weight excluding hydrogens is 813 g/mol. The molecule has 0 fully saturated rings. The summed E-state index contributed by atoms with van der Waals surface area (Å²) in [5.41, 5.74) is 1.75. The summed E-state index contributed by atoms with van der Waals surface area (Å²) in [5.74, 6) is -0.963. The Balaban J connectivity index is 0.000000248. The van der Waals surface area contributed by atoms with E-state index in [0.29, 0.717) is 46.3 Å². The first-order chi connectivity index (χ1) is 26.4. The zero-order valence-electron chi connectivity index (χ0n) is 29.8. The van der Waals surface area contributed by atoms with Gasteiger partial charge in [-0.3, -0.25) is 38.2 Å². The van der Waals surface area contributed by atoms with Crippen molar-refractivity contribution in [2.45, 2.75) is 26.7 Å². The van der Waals surface area contributed by atoms with Crippen molar-refractivity contribution in [1.82, 2.24) is 0 Å². The van der Waals surface area contributed by atoms with Crippen LogP contribution in [0.5, 0.6) is 0 Å². The smallest absolute Gasteiger partial charge is 0.757 e. The maximum Gasteiger partial charge on any atom is 2.00 e. The van der Waals surface area contributed by atoms with Gasteiger partial charge in [0.15, 0.2) is 11.4 Å². The SMILES string of the molecule is CCc1cccc(N=NC2=C3C=CC(=S(=O)([O-])O)C=C3C=CC2=O)c1[N+](=O)[O-].CCc1cccc(N=NC2=C3C=CC(=S(=O)([O-])O)C=C3C=CC2=O)c1[N+](=O)[O-].[Ca+2]. The summed E-state index contributed by atoms with van der Waals surface area (Å²) in [6.07, 6.45) is 13.3. The third-order valence-corrected chi connectivity index (χ3v) is 9.99. The van der Waals surface area contributed by atoms with Crippen LogP contribution >= 0.6 is 0 Å². The second-order valence-electron chi connectivity index (χ2n) is 11.7. The second-order valence-corrected chi connectivity index (χ2v) is 14.6. The number of nitro benzene ring substituents is 2. The minimum absolute atomic E-state index is 0. The predicted octanol–water partition coefficient (Wildman–Crippen LogP) is 6.00. The largest absolute Gasteiger partial charge is 2.00 e. The van der Waals surface area contributed by atoms with Gasteiger partial charge in [0.05, 0.1) is 9.85 Å². The molecule has 6 rings (SSSR count). The number of para-hydroxylation sites is 2. The van der Waals surface area contributed by atoms with Gasteiger partial charge in [-0.2, -0.15) is 0 Å². The second kappa shape index (κ2) is 18.4. The zero-order chi connectivity index (χ0) is 40.9. The number of hydrogen-bond donors (Lipinski definition) is 2. The molecule has 2 atom stereocenters. The van der Waals surface area contributed by atoms with Crippen molar-refractivity contribution in [2.75, 3.05) is 0 Å². The molecule has 4 aliphatic carbocycles.